The lowest BCUT2D eigenvalue weighted by Gasteiger charge is -2.38. The van der Waals surface area contributed by atoms with E-state index in [4.69, 9.17) is 5.73 Å². The van der Waals surface area contributed by atoms with Crippen LogP contribution < -0.4 is 11.1 Å². The number of nitrogens with one attached hydrogen (secondary N) is 1. The summed E-state index contributed by atoms with van der Waals surface area (Å²) in [6.07, 6.45) is 1.90. The summed E-state index contributed by atoms with van der Waals surface area (Å²) in [5.74, 6) is 0.278. The largest absolute Gasteiger partial charge is 0.334 e. The Bertz CT molecular complexity index is 675. The van der Waals surface area contributed by atoms with Crippen molar-refractivity contribution >= 4 is 17.8 Å². The summed E-state index contributed by atoms with van der Waals surface area (Å²) in [5, 5.41) is 2.49. The number of carbonyl (C=O) groups excluding carboxylic acids is 3. The SMILES string of the molecule is CC1CCN(C(=O)c2cccc(CN3C(=O)CNC3=O)c2)C(CN)C1. The average molecular weight is 344 g/mol. The number of rotatable bonds is 4. The maximum absolute atomic E-state index is 12.9. The molecule has 25 heavy (non-hydrogen) atoms. The Labute approximate surface area is 147 Å². The van der Waals surface area contributed by atoms with E-state index in [1.54, 1.807) is 18.2 Å². The molecule has 2 atom stereocenters. The maximum atomic E-state index is 12.9. The molecule has 3 N–H and O–H groups in total. The lowest BCUT2D eigenvalue weighted by molar-refractivity contribution is -0.125. The Hall–Kier alpha value is -2.41. The fraction of sp³-hybridized carbons (Fsp3) is 0.500. The van der Waals surface area contributed by atoms with Gasteiger partial charge in [0, 0.05) is 24.7 Å². The molecule has 7 nitrogen and oxygen atoms in total. The van der Waals surface area contributed by atoms with Gasteiger partial charge < -0.3 is 16.0 Å². The molecule has 2 saturated heterocycles. The number of nitrogens with zero attached hydrogens (tertiary/aromatic N) is 2. The number of likely N-dealkylation sites (tertiary alicyclic amines) is 1. The minimum atomic E-state index is -0.394. The zero-order chi connectivity index (χ0) is 18.0. The summed E-state index contributed by atoms with van der Waals surface area (Å²) in [4.78, 5) is 39.3. The monoisotopic (exact) mass is 344 g/mol. The van der Waals surface area contributed by atoms with E-state index in [-0.39, 0.29) is 30.9 Å². The Morgan fingerprint density at radius 3 is 2.84 bits per heavy atom. The first-order valence-electron chi connectivity index (χ1n) is 8.67. The topological polar surface area (TPSA) is 95.7 Å². The number of hydrogen-bond donors (Lipinski definition) is 2. The Kier molecular flexibility index (Phi) is 5.03. The summed E-state index contributed by atoms with van der Waals surface area (Å²) >= 11 is 0. The van der Waals surface area contributed by atoms with Gasteiger partial charge in [0.25, 0.3) is 5.91 Å². The quantitative estimate of drug-likeness (QED) is 0.795. The molecule has 1 aromatic carbocycles. The second-order valence-electron chi connectivity index (χ2n) is 6.86. The number of nitrogens with two attached hydrogens (primary N) is 1. The van der Waals surface area contributed by atoms with Crippen LogP contribution in [0, 0.1) is 5.92 Å². The molecule has 0 spiro atoms. The minimum absolute atomic E-state index is 0.0294. The number of urea groups is 1. The van der Waals surface area contributed by atoms with Crippen LogP contribution in [0.1, 0.15) is 35.7 Å². The molecule has 2 heterocycles. The lowest BCUT2D eigenvalue weighted by Crippen LogP contribution is -2.49. The van der Waals surface area contributed by atoms with E-state index in [2.05, 4.69) is 12.2 Å². The summed E-state index contributed by atoms with van der Waals surface area (Å²) in [6, 6.07) is 6.79. The predicted octanol–water partition coefficient (Wildman–Crippen LogP) is 0.938. The molecule has 0 aliphatic carbocycles. The predicted molar refractivity (Wildman–Crippen MR) is 92.7 cm³/mol. The number of imide groups is 1. The van der Waals surface area contributed by atoms with Crippen LogP contribution in [0.5, 0.6) is 0 Å². The first kappa shape index (κ1) is 17.4. The van der Waals surface area contributed by atoms with Crippen LogP contribution in [0.2, 0.25) is 0 Å². The van der Waals surface area contributed by atoms with Gasteiger partial charge in [-0.05, 0) is 36.5 Å². The van der Waals surface area contributed by atoms with Gasteiger partial charge >= 0.3 is 6.03 Å². The summed E-state index contributed by atoms with van der Waals surface area (Å²) < 4.78 is 0. The molecule has 0 saturated carbocycles. The van der Waals surface area contributed by atoms with Crippen molar-refractivity contribution in [3.05, 3.63) is 35.4 Å². The Balaban J connectivity index is 1.75. The van der Waals surface area contributed by atoms with Crippen molar-refractivity contribution in [2.45, 2.75) is 32.4 Å². The van der Waals surface area contributed by atoms with Gasteiger partial charge in [-0.2, -0.15) is 0 Å². The third-order valence-electron chi connectivity index (χ3n) is 4.96. The normalized spacial score (nSPS) is 23.8. The highest BCUT2D eigenvalue weighted by atomic mass is 16.2. The van der Waals surface area contributed by atoms with Gasteiger partial charge in [-0.25, -0.2) is 4.79 Å². The maximum Gasteiger partial charge on any atom is 0.324 e. The minimum Gasteiger partial charge on any atom is -0.334 e. The molecule has 0 radical (unpaired) electrons. The van der Waals surface area contributed by atoms with Gasteiger partial charge in [-0.15, -0.1) is 0 Å². The summed E-state index contributed by atoms with van der Waals surface area (Å²) in [5.41, 5.74) is 7.18. The van der Waals surface area contributed by atoms with E-state index in [0.717, 1.165) is 23.3 Å². The Morgan fingerprint density at radius 1 is 1.36 bits per heavy atom. The van der Waals surface area contributed by atoms with E-state index in [1.165, 1.54) is 0 Å². The van der Waals surface area contributed by atoms with Crippen LogP contribution in [0.15, 0.2) is 24.3 Å². The third kappa shape index (κ3) is 3.66. The number of benzene rings is 1. The molecule has 2 aliphatic rings. The van der Waals surface area contributed by atoms with Crippen molar-refractivity contribution in [1.29, 1.82) is 0 Å². The summed E-state index contributed by atoms with van der Waals surface area (Å²) in [7, 11) is 0. The molecular weight excluding hydrogens is 320 g/mol. The molecule has 2 fully saturated rings. The highest BCUT2D eigenvalue weighted by Gasteiger charge is 2.31. The Morgan fingerprint density at radius 2 is 2.16 bits per heavy atom. The molecule has 134 valence electrons. The van der Waals surface area contributed by atoms with E-state index in [1.807, 2.05) is 11.0 Å². The van der Waals surface area contributed by atoms with Crippen LogP contribution in [0.3, 0.4) is 0 Å². The van der Waals surface area contributed by atoms with Gasteiger partial charge in [-0.3, -0.25) is 14.5 Å². The van der Waals surface area contributed by atoms with Crippen LogP contribution in [0.4, 0.5) is 4.79 Å². The van der Waals surface area contributed by atoms with Crippen molar-refractivity contribution in [2.75, 3.05) is 19.6 Å². The molecule has 3 rings (SSSR count). The standard InChI is InChI=1S/C18H24N4O3/c1-12-5-6-21(15(7-12)9-19)17(24)14-4-2-3-13(8-14)11-22-16(23)10-20-18(22)25/h2-4,8,12,15H,5-7,9-11,19H2,1H3,(H,20,25). The highest BCUT2D eigenvalue weighted by Crippen LogP contribution is 2.24. The van der Waals surface area contributed by atoms with Gasteiger partial charge in [-0.1, -0.05) is 19.1 Å². The lowest BCUT2D eigenvalue weighted by atomic mass is 9.91. The zero-order valence-corrected chi connectivity index (χ0v) is 14.4. The average Bonchev–Trinajstić information content (AvgIpc) is 2.93. The second kappa shape index (κ2) is 7.23. The van der Waals surface area contributed by atoms with Crippen molar-refractivity contribution in [3.8, 4) is 0 Å². The van der Waals surface area contributed by atoms with Crippen LogP contribution >= 0.6 is 0 Å². The van der Waals surface area contributed by atoms with E-state index >= 15 is 0 Å². The molecule has 1 aromatic rings. The zero-order valence-electron chi connectivity index (χ0n) is 14.4. The molecule has 0 bridgehead atoms. The van der Waals surface area contributed by atoms with Crippen LogP contribution in [0.25, 0.3) is 0 Å². The van der Waals surface area contributed by atoms with Crippen molar-refractivity contribution in [3.63, 3.8) is 0 Å². The van der Waals surface area contributed by atoms with E-state index in [0.29, 0.717) is 24.6 Å². The fourth-order valence-corrected chi connectivity index (χ4v) is 3.51. The molecular formula is C18H24N4O3. The molecule has 7 heteroatoms. The van der Waals surface area contributed by atoms with Gasteiger partial charge in [0.15, 0.2) is 0 Å². The van der Waals surface area contributed by atoms with E-state index in [9.17, 15) is 14.4 Å². The second-order valence-corrected chi connectivity index (χ2v) is 6.86. The number of hydrogen-bond acceptors (Lipinski definition) is 4. The molecule has 0 aromatic heterocycles. The number of amides is 4. The van der Waals surface area contributed by atoms with Gasteiger partial charge in [0.2, 0.25) is 5.91 Å². The van der Waals surface area contributed by atoms with Crippen molar-refractivity contribution in [1.82, 2.24) is 15.1 Å². The third-order valence-corrected chi connectivity index (χ3v) is 4.96. The van der Waals surface area contributed by atoms with Crippen LogP contribution in [-0.4, -0.2) is 53.3 Å². The first-order chi connectivity index (χ1) is 12.0. The molecule has 2 unspecified atom stereocenters. The highest BCUT2D eigenvalue weighted by molar-refractivity contribution is 6.02. The molecule has 4 amide bonds. The number of carbonyl (C=O) groups is 3. The van der Waals surface area contributed by atoms with Crippen LogP contribution in [-0.2, 0) is 11.3 Å². The van der Waals surface area contributed by atoms with Gasteiger partial charge in [0.1, 0.15) is 0 Å². The first-order valence-corrected chi connectivity index (χ1v) is 8.67. The van der Waals surface area contributed by atoms with E-state index < -0.39 is 6.03 Å². The summed E-state index contributed by atoms with van der Waals surface area (Å²) in [6.45, 7) is 3.55. The fourth-order valence-electron chi connectivity index (χ4n) is 3.51. The smallest absolute Gasteiger partial charge is 0.324 e. The van der Waals surface area contributed by atoms with Gasteiger partial charge in [0.05, 0.1) is 13.1 Å². The number of piperidine rings is 1. The molecule has 2 aliphatic heterocycles. The van der Waals surface area contributed by atoms with Crippen molar-refractivity contribution < 1.29 is 14.4 Å². The van der Waals surface area contributed by atoms with Crippen molar-refractivity contribution in [2.24, 2.45) is 11.7 Å².